The Morgan fingerprint density at radius 1 is 1.00 bits per heavy atom. The van der Waals surface area contributed by atoms with Crippen molar-refractivity contribution in [3.63, 3.8) is 0 Å². The van der Waals surface area contributed by atoms with Gasteiger partial charge in [0.1, 0.15) is 29.4 Å². The summed E-state index contributed by atoms with van der Waals surface area (Å²) in [5, 5.41) is 9.62. The smallest absolute Gasteiger partial charge is 0.256 e. The van der Waals surface area contributed by atoms with Gasteiger partial charge in [-0.05, 0) is 53.1 Å². The van der Waals surface area contributed by atoms with E-state index in [1.165, 1.54) is 12.1 Å². The number of fused-ring (bicyclic) bond motifs is 1. The summed E-state index contributed by atoms with van der Waals surface area (Å²) in [5.74, 6) is -0.205. The lowest BCUT2D eigenvalue weighted by Gasteiger charge is -2.18. The van der Waals surface area contributed by atoms with Crippen LogP contribution in [0.5, 0.6) is 5.75 Å². The normalized spacial score (nSPS) is 16.3. The molecule has 5 rings (SSSR count). The van der Waals surface area contributed by atoms with Gasteiger partial charge in [0.05, 0.1) is 6.20 Å². The van der Waals surface area contributed by atoms with Crippen molar-refractivity contribution < 1.29 is 18.7 Å². The molecule has 7 nitrogen and oxygen atoms in total. The molecule has 0 saturated carbocycles. The van der Waals surface area contributed by atoms with E-state index in [-0.39, 0.29) is 17.6 Å². The zero-order chi connectivity index (χ0) is 24.5. The lowest BCUT2D eigenvalue weighted by molar-refractivity contribution is -0.123. The van der Waals surface area contributed by atoms with Crippen molar-refractivity contribution in [2.24, 2.45) is 7.05 Å². The molecule has 2 unspecified atom stereocenters. The zero-order valence-corrected chi connectivity index (χ0v) is 19.2. The molecule has 8 heteroatoms. The minimum Gasteiger partial charge on any atom is -0.484 e. The summed E-state index contributed by atoms with van der Waals surface area (Å²) in [6.07, 6.45) is 1.04. The van der Waals surface area contributed by atoms with E-state index in [4.69, 9.17) is 4.74 Å². The highest BCUT2D eigenvalue weighted by molar-refractivity contribution is 6.04. The van der Waals surface area contributed by atoms with E-state index < -0.39 is 12.0 Å². The van der Waals surface area contributed by atoms with E-state index in [2.05, 4.69) is 15.7 Å². The topological polar surface area (TPSA) is 85.3 Å². The summed E-state index contributed by atoms with van der Waals surface area (Å²) >= 11 is 0. The maximum atomic E-state index is 13.5. The molecular weight excluding hydrogens is 447 g/mol. The molecule has 35 heavy (non-hydrogen) atoms. The number of anilines is 1. The van der Waals surface area contributed by atoms with Crippen molar-refractivity contribution in [2.45, 2.75) is 12.0 Å². The van der Waals surface area contributed by atoms with Crippen LogP contribution in [0.25, 0.3) is 11.1 Å². The number of ether oxygens (including phenoxy) is 1. The number of nitrogens with one attached hydrogen (secondary N) is 2. The van der Waals surface area contributed by atoms with Crippen LogP contribution in [0, 0.1) is 5.82 Å². The second-order valence-electron chi connectivity index (χ2n) is 8.31. The number of carbonyl (C=O) groups is 2. The van der Waals surface area contributed by atoms with Gasteiger partial charge >= 0.3 is 0 Å². The number of aryl methyl sites for hydroxylation is 1. The highest BCUT2D eigenvalue weighted by Crippen LogP contribution is 2.47. The van der Waals surface area contributed by atoms with Crippen LogP contribution in [-0.2, 0) is 11.8 Å². The maximum absolute atomic E-state index is 13.5. The first-order chi connectivity index (χ1) is 16.9. The number of nitrogens with zero attached hydrogens (tertiary/aromatic N) is 2. The van der Waals surface area contributed by atoms with Crippen LogP contribution in [0.1, 0.15) is 33.5 Å². The number of benzene rings is 3. The predicted molar refractivity (Wildman–Crippen MR) is 130 cm³/mol. The second-order valence-corrected chi connectivity index (χ2v) is 8.31. The molecule has 0 bridgehead atoms. The summed E-state index contributed by atoms with van der Waals surface area (Å²) in [5.41, 5.74) is 3.61. The first kappa shape index (κ1) is 22.3. The minimum absolute atomic E-state index is 0.195. The van der Waals surface area contributed by atoms with Crippen LogP contribution in [0.4, 0.5) is 10.2 Å². The number of hydrogen-bond donors (Lipinski definition) is 2. The molecule has 3 aromatic carbocycles. The van der Waals surface area contributed by atoms with E-state index in [0.717, 1.165) is 16.7 Å². The van der Waals surface area contributed by atoms with Crippen molar-refractivity contribution in [3.05, 3.63) is 102 Å². The van der Waals surface area contributed by atoms with Gasteiger partial charge in [-0.2, -0.15) is 5.10 Å². The van der Waals surface area contributed by atoms with Crippen molar-refractivity contribution >= 4 is 17.6 Å². The standard InChI is InChI=1S/C27H23FN4O3/c1-29-27(34)24-21-15-18(8-11-22(21)35-25(24)16-6-9-20(28)10-7-16)17-4-3-5-19(14-17)26(33)31-23-12-13-30-32(23)2/h3-15,24-25H,1-2H3,(H,29,34)(H,31,33). The van der Waals surface area contributed by atoms with Gasteiger partial charge in [-0.15, -0.1) is 0 Å². The van der Waals surface area contributed by atoms with Crippen LogP contribution in [0.2, 0.25) is 0 Å². The molecule has 2 atom stereocenters. The molecule has 176 valence electrons. The monoisotopic (exact) mass is 470 g/mol. The Morgan fingerprint density at radius 2 is 1.77 bits per heavy atom. The molecule has 2 N–H and O–H groups in total. The van der Waals surface area contributed by atoms with Crippen LogP contribution >= 0.6 is 0 Å². The van der Waals surface area contributed by atoms with Crippen LogP contribution in [0.3, 0.4) is 0 Å². The molecule has 0 radical (unpaired) electrons. The summed E-state index contributed by atoms with van der Waals surface area (Å²) in [7, 11) is 3.33. The molecule has 0 spiro atoms. The lowest BCUT2D eigenvalue weighted by Crippen LogP contribution is -2.28. The maximum Gasteiger partial charge on any atom is 0.256 e. The third-order valence-corrected chi connectivity index (χ3v) is 6.15. The Bertz CT molecular complexity index is 1410. The summed E-state index contributed by atoms with van der Waals surface area (Å²) in [6.45, 7) is 0. The SMILES string of the molecule is CNC(=O)C1c2cc(-c3cccc(C(=O)Nc4ccnn4C)c3)ccc2OC1c1ccc(F)cc1. The van der Waals surface area contributed by atoms with Gasteiger partial charge in [-0.25, -0.2) is 4.39 Å². The Hall–Kier alpha value is -4.46. The predicted octanol–water partition coefficient (Wildman–Crippen LogP) is 4.44. The number of carbonyl (C=O) groups excluding carboxylic acids is 2. The van der Waals surface area contributed by atoms with Gasteiger partial charge in [-0.1, -0.05) is 30.3 Å². The Kier molecular flexibility index (Phi) is 5.78. The number of likely N-dealkylation sites (N-methyl/N-ethyl adjacent to an activating group) is 1. The molecule has 2 amide bonds. The third kappa shape index (κ3) is 4.26. The lowest BCUT2D eigenvalue weighted by atomic mass is 9.88. The molecule has 0 fully saturated rings. The van der Waals surface area contributed by atoms with Crippen molar-refractivity contribution in [1.82, 2.24) is 15.1 Å². The molecule has 0 aliphatic carbocycles. The largest absolute Gasteiger partial charge is 0.484 e. The number of hydrogen-bond acceptors (Lipinski definition) is 4. The van der Waals surface area contributed by atoms with E-state index in [1.807, 2.05) is 30.3 Å². The molecule has 2 heterocycles. The van der Waals surface area contributed by atoms with E-state index in [9.17, 15) is 14.0 Å². The fourth-order valence-corrected chi connectivity index (χ4v) is 4.32. The quantitative estimate of drug-likeness (QED) is 0.452. The number of amides is 2. The first-order valence-electron chi connectivity index (χ1n) is 11.1. The number of halogens is 1. The fourth-order valence-electron chi connectivity index (χ4n) is 4.32. The van der Waals surface area contributed by atoms with Gasteiger partial charge in [0.25, 0.3) is 5.91 Å². The highest BCUT2D eigenvalue weighted by atomic mass is 19.1. The van der Waals surface area contributed by atoms with Gasteiger partial charge in [-0.3, -0.25) is 14.3 Å². The number of aromatic nitrogens is 2. The van der Waals surface area contributed by atoms with Crippen LogP contribution < -0.4 is 15.4 Å². The van der Waals surface area contributed by atoms with Gasteiger partial charge in [0, 0.05) is 31.3 Å². The average molecular weight is 471 g/mol. The Morgan fingerprint density at radius 3 is 2.49 bits per heavy atom. The first-order valence-corrected chi connectivity index (χ1v) is 11.1. The van der Waals surface area contributed by atoms with E-state index >= 15 is 0 Å². The summed E-state index contributed by atoms with van der Waals surface area (Å²) in [4.78, 5) is 25.7. The summed E-state index contributed by atoms with van der Waals surface area (Å²) in [6, 6.07) is 20.6. The Balaban J connectivity index is 1.47. The van der Waals surface area contributed by atoms with Crippen molar-refractivity contribution in [2.75, 3.05) is 12.4 Å². The highest BCUT2D eigenvalue weighted by Gasteiger charge is 2.40. The van der Waals surface area contributed by atoms with Crippen molar-refractivity contribution in [1.29, 1.82) is 0 Å². The van der Waals surface area contributed by atoms with Crippen LogP contribution in [-0.4, -0.2) is 28.6 Å². The van der Waals surface area contributed by atoms with Gasteiger partial charge < -0.3 is 15.4 Å². The van der Waals surface area contributed by atoms with E-state index in [1.54, 1.807) is 55.3 Å². The van der Waals surface area contributed by atoms with Crippen LogP contribution in [0.15, 0.2) is 79.0 Å². The third-order valence-electron chi connectivity index (χ3n) is 6.15. The molecule has 1 aliphatic rings. The fraction of sp³-hybridized carbons (Fsp3) is 0.148. The summed E-state index contributed by atoms with van der Waals surface area (Å²) < 4.78 is 21.2. The second kappa shape index (κ2) is 9.06. The number of rotatable bonds is 5. The zero-order valence-electron chi connectivity index (χ0n) is 19.2. The van der Waals surface area contributed by atoms with Gasteiger partial charge in [0.15, 0.2) is 0 Å². The Labute approximate surface area is 201 Å². The minimum atomic E-state index is -0.600. The molecule has 4 aromatic rings. The molecular formula is C27H23FN4O3. The van der Waals surface area contributed by atoms with E-state index in [0.29, 0.717) is 22.7 Å². The molecule has 0 saturated heterocycles. The molecule has 1 aliphatic heterocycles. The average Bonchev–Trinajstić information content (AvgIpc) is 3.46. The van der Waals surface area contributed by atoms with Gasteiger partial charge in [0.2, 0.25) is 5.91 Å². The molecule has 1 aromatic heterocycles. The van der Waals surface area contributed by atoms with Crippen molar-refractivity contribution in [3.8, 4) is 16.9 Å².